The molecule has 0 aliphatic heterocycles. The van der Waals surface area contributed by atoms with Gasteiger partial charge in [0, 0.05) is 20.6 Å². The van der Waals surface area contributed by atoms with Gasteiger partial charge in [-0.05, 0) is 43.1 Å². The molecule has 1 aliphatic carbocycles. The molecule has 0 radical (unpaired) electrons. The van der Waals surface area contributed by atoms with Crippen molar-refractivity contribution in [1.82, 2.24) is 5.32 Å². The van der Waals surface area contributed by atoms with Crippen LogP contribution in [0.3, 0.4) is 0 Å². The van der Waals surface area contributed by atoms with E-state index in [2.05, 4.69) is 5.32 Å². The third-order valence-electron chi connectivity index (χ3n) is 4.37. The smallest absolute Gasteiger partial charge is 0.326 e. The minimum absolute atomic E-state index is 0.204. The summed E-state index contributed by atoms with van der Waals surface area (Å²) in [5.41, 5.74) is 0.595. The summed E-state index contributed by atoms with van der Waals surface area (Å²) in [5.74, 6) is -4.67. The lowest BCUT2D eigenvalue weighted by Gasteiger charge is -2.30. The van der Waals surface area contributed by atoms with Crippen LogP contribution < -0.4 is 5.32 Å². The molecule has 1 saturated carbocycles. The lowest BCUT2D eigenvalue weighted by Crippen LogP contribution is -2.45. The number of amides is 1. The highest BCUT2D eigenvalue weighted by Crippen LogP contribution is 2.33. The Morgan fingerprint density at radius 2 is 1.91 bits per heavy atom. The number of carboxylic acids is 1. The standard InChI is InChI=1S/C19H27NO3/c1-13(2)15-8-10-16(11-9-15)18(21)20-17(19(22)23)12-14-6-4-3-5-7-14/h3-7,13,15-17H,8-12H2,1-2H3,(H,20,21)(H,22,23)/t15?,16?,17-/m0/s1/i1D3,2D3,17D. The first-order chi connectivity index (χ1) is 13.7. The van der Waals surface area contributed by atoms with Crippen molar-refractivity contribution < 1.29 is 24.3 Å². The zero-order chi connectivity index (χ0) is 22.7. The average molecular weight is 324 g/mol. The van der Waals surface area contributed by atoms with Gasteiger partial charge in [0.15, 0.2) is 0 Å². The summed E-state index contributed by atoms with van der Waals surface area (Å²) >= 11 is 0. The van der Waals surface area contributed by atoms with Crippen LogP contribution in [0.25, 0.3) is 0 Å². The molecule has 4 heteroatoms. The lowest BCUT2D eigenvalue weighted by atomic mass is 9.76. The Kier molecular flexibility index (Phi) is 3.58. The molecule has 0 aromatic heterocycles. The zero-order valence-corrected chi connectivity index (χ0v) is 12.9. The van der Waals surface area contributed by atoms with E-state index in [1.807, 2.05) is 0 Å². The van der Waals surface area contributed by atoms with Crippen molar-refractivity contribution in [2.75, 3.05) is 0 Å². The first-order valence-corrected chi connectivity index (χ1v) is 7.83. The van der Waals surface area contributed by atoms with Gasteiger partial charge < -0.3 is 10.4 Å². The molecule has 1 fully saturated rings. The van der Waals surface area contributed by atoms with E-state index in [1.54, 1.807) is 30.3 Å². The van der Waals surface area contributed by atoms with E-state index in [1.165, 1.54) is 0 Å². The Morgan fingerprint density at radius 3 is 2.48 bits per heavy atom. The van der Waals surface area contributed by atoms with Crippen LogP contribution in [0.1, 0.15) is 54.5 Å². The predicted octanol–water partition coefficient (Wildman–Crippen LogP) is 3.26. The molecule has 0 bridgehead atoms. The maximum absolute atomic E-state index is 12.7. The zero-order valence-electron chi connectivity index (χ0n) is 19.9. The minimum Gasteiger partial charge on any atom is -0.480 e. The minimum atomic E-state index is -2.62. The van der Waals surface area contributed by atoms with Crippen molar-refractivity contribution in [2.24, 2.45) is 17.8 Å². The number of benzene rings is 1. The van der Waals surface area contributed by atoms with Crippen molar-refractivity contribution in [2.45, 2.75) is 51.8 Å². The van der Waals surface area contributed by atoms with Crippen molar-refractivity contribution in [3.8, 4) is 0 Å². The summed E-state index contributed by atoms with van der Waals surface area (Å²) in [5, 5.41) is 11.8. The number of carbonyl (C=O) groups is 2. The number of carbonyl (C=O) groups excluding carboxylic acids is 1. The third-order valence-corrected chi connectivity index (χ3v) is 4.37. The van der Waals surface area contributed by atoms with Crippen molar-refractivity contribution in [3.05, 3.63) is 35.9 Å². The second-order valence-electron chi connectivity index (χ2n) is 6.02. The Hall–Kier alpha value is -1.84. The molecule has 1 amide bonds. The number of hydrogen-bond donors (Lipinski definition) is 2. The SMILES string of the molecule is [2H]C([2H])([2H])C(C1CCC(C(=O)N[C@@]([2H])(Cc2ccccc2)C(=O)O)CC1)C([2H])([2H])[2H]. The monoisotopic (exact) mass is 324 g/mol. The van der Waals surface area contributed by atoms with Gasteiger partial charge in [-0.15, -0.1) is 0 Å². The molecule has 1 aromatic carbocycles. The highest BCUT2D eigenvalue weighted by atomic mass is 16.4. The van der Waals surface area contributed by atoms with Gasteiger partial charge in [-0.3, -0.25) is 4.79 Å². The molecule has 1 atom stereocenters. The fourth-order valence-corrected chi connectivity index (χ4v) is 2.94. The lowest BCUT2D eigenvalue weighted by molar-refractivity contribution is -0.142. The predicted molar refractivity (Wildman–Crippen MR) is 90.0 cm³/mol. The Morgan fingerprint density at radius 1 is 1.26 bits per heavy atom. The molecule has 0 spiro atoms. The van der Waals surface area contributed by atoms with E-state index in [0.29, 0.717) is 5.56 Å². The molecule has 4 nitrogen and oxygen atoms in total. The summed E-state index contributed by atoms with van der Waals surface area (Å²) in [6, 6.07) is 6.31. The number of nitrogens with one attached hydrogen (secondary N) is 1. The number of rotatable bonds is 6. The van der Waals surface area contributed by atoms with Crippen LogP contribution in [0.5, 0.6) is 0 Å². The van der Waals surface area contributed by atoms with Crippen LogP contribution in [-0.4, -0.2) is 23.0 Å². The van der Waals surface area contributed by atoms with Crippen molar-refractivity contribution >= 4 is 11.9 Å². The van der Waals surface area contributed by atoms with E-state index in [4.69, 9.17) is 9.60 Å². The van der Waals surface area contributed by atoms with E-state index < -0.39 is 49.4 Å². The second-order valence-corrected chi connectivity index (χ2v) is 6.02. The average Bonchev–Trinajstić information content (AvgIpc) is 2.60. The van der Waals surface area contributed by atoms with Gasteiger partial charge in [-0.25, -0.2) is 4.79 Å². The molecule has 0 saturated heterocycles. The van der Waals surface area contributed by atoms with Crippen LogP contribution in [0.4, 0.5) is 0 Å². The van der Waals surface area contributed by atoms with Crippen LogP contribution in [-0.2, 0) is 16.0 Å². The normalized spacial score (nSPS) is 29.5. The molecule has 1 aliphatic rings. The van der Waals surface area contributed by atoms with Gasteiger partial charge >= 0.3 is 5.97 Å². The Labute approximate surface area is 148 Å². The second kappa shape index (κ2) is 8.14. The molecular formula is C19H27NO3. The highest BCUT2D eigenvalue weighted by Gasteiger charge is 2.30. The first kappa shape index (κ1) is 10.1. The number of hydrogen-bond acceptors (Lipinski definition) is 2. The first-order valence-electron chi connectivity index (χ1n) is 11.3. The van der Waals surface area contributed by atoms with Gasteiger partial charge in [0.05, 0.1) is 1.37 Å². The summed E-state index contributed by atoms with van der Waals surface area (Å²) < 4.78 is 53.8. The van der Waals surface area contributed by atoms with Crippen LogP contribution in [0.2, 0.25) is 0 Å². The number of aliphatic carboxylic acids is 1. The molecule has 0 heterocycles. The van der Waals surface area contributed by atoms with E-state index in [-0.39, 0.29) is 32.1 Å². The van der Waals surface area contributed by atoms with E-state index in [0.717, 1.165) is 0 Å². The van der Waals surface area contributed by atoms with Crippen LogP contribution in [0.15, 0.2) is 30.3 Å². The topological polar surface area (TPSA) is 66.4 Å². The quantitative estimate of drug-likeness (QED) is 0.844. The number of carboxylic acid groups (broad SMARTS) is 1. The van der Waals surface area contributed by atoms with Gasteiger partial charge in [0.2, 0.25) is 5.91 Å². The van der Waals surface area contributed by atoms with Crippen LogP contribution in [0, 0.1) is 17.8 Å². The summed E-state index contributed by atoms with van der Waals surface area (Å²) in [6.45, 7) is -5.25. The van der Waals surface area contributed by atoms with E-state index >= 15 is 0 Å². The summed E-state index contributed by atoms with van der Waals surface area (Å²) in [7, 11) is 0. The third kappa shape index (κ3) is 5.08. The molecule has 2 N–H and O–H groups in total. The van der Waals surface area contributed by atoms with Crippen LogP contribution >= 0.6 is 0 Å². The molecular weight excluding hydrogens is 290 g/mol. The van der Waals surface area contributed by atoms with Gasteiger partial charge in [-0.1, -0.05) is 44.0 Å². The fourth-order valence-electron chi connectivity index (χ4n) is 2.94. The largest absolute Gasteiger partial charge is 0.480 e. The Bertz CT molecular complexity index is 729. The molecule has 0 unspecified atom stereocenters. The summed E-state index contributed by atoms with van der Waals surface area (Å²) in [4.78, 5) is 24.3. The molecule has 23 heavy (non-hydrogen) atoms. The van der Waals surface area contributed by atoms with Gasteiger partial charge in [0.25, 0.3) is 0 Å². The fraction of sp³-hybridized carbons (Fsp3) is 0.579. The highest BCUT2D eigenvalue weighted by molar-refractivity contribution is 5.85. The van der Waals surface area contributed by atoms with Crippen molar-refractivity contribution in [3.63, 3.8) is 0 Å². The van der Waals surface area contributed by atoms with Gasteiger partial charge in [-0.2, -0.15) is 0 Å². The maximum atomic E-state index is 12.7. The Balaban J connectivity index is 2.04. The van der Waals surface area contributed by atoms with E-state index in [9.17, 15) is 14.7 Å². The summed E-state index contributed by atoms with van der Waals surface area (Å²) in [6.07, 6.45) is 0.789. The maximum Gasteiger partial charge on any atom is 0.326 e. The molecule has 126 valence electrons. The molecule has 1 aromatic rings. The van der Waals surface area contributed by atoms with Crippen molar-refractivity contribution in [1.29, 1.82) is 0 Å². The van der Waals surface area contributed by atoms with Gasteiger partial charge in [0.1, 0.15) is 6.02 Å². The molecule has 2 rings (SSSR count).